The predicted molar refractivity (Wildman–Crippen MR) is 33.5 cm³/mol. The van der Waals surface area contributed by atoms with Crippen molar-refractivity contribution in [2.45, 2.75) is 0 Å². The molecule has 0 saturated heterocycles. The monoisotopic (exact) mass is 170 g/mol. The van der Waals surface area contributed by atoms with Gasteiger partial charge in [-0.15, -0.1) is 0 Å². The Kier molecular flexibility index (Phi) is 3.61. The van der Waals surface area contributed by atoms with E-state index in [4.69, 9.17) is 33.4 Å². The van der Waals surface area contributed by atoms with E-state index in [1.807, 2.05) is 0 Å². The minimum atomic E-state index is -1.31. The first-order chi connectivity index (χ1) is 4.09. The van der Waals surface area contributed by atoms with Crippen LogP contribution in [0.2, 0.25) is 0 Å². The van der Waals surface area contributed by atoms with Crippen LogP contribution in [-0.4, -0.2) is 22.8 Å². The van der Waals surface area contributed by atoms with Crippen LogP contribution < -0.4 is 0 Å². The Balaban J connectivity index is 4.35. The molecule has 0 spiro atoms. The lowest BCUT2D eigenvalue weighted by atomic mass is 10.3. The van der Waals surface area contributed by atoms with Crippen molar-refractivity contribution in [3.8, 4) is 0 Å². The van der Waals surface area contributed by atoms with Gasteiger partial charge in [-0.2, -0.15) is 0 Å². The van der Waals surface area contributed by atoms with E-state index in [0.29, 0.717) is 0 Å². The van der Waals surface area contributed by atoms with Crippen molar-refractivity contribution < 1.29 is 15.0 Å². The second-order valence-electron chi connectivity index (χ2n) is 1.20. The molecule has 0 heterocycles. The van der Waals surface area contributed by atoms with Gasteiger partial charge in [0.15, 0.2) is 0 Å². The van der Waals surface area contributed by atoms with E-state index >= 15 is 0 Å². The van der Waals surface area contributed by atoms with Crippen LogP contribution >= 0.6 is 23.2 Å². The van der Waals surface area contributed by atoms with Crippen molar-refractivity contribution >= 4 is 29.2 Å². The third-order valence-electron chi connectivity index (χ3n) is 0.644. The molecule has 0 atom stereocenters. The summed E-state index contributed by atoms with van der Waals surface area (Å²) in [5, 5.41) is 16.4. The van der Waals surface area contributed by atoms with Crippen LogP contribution in [0.5, 0.6) is 0 Å². The van der Waals surface area contributed by atoms with Gasteiger partial charge in [0, 0.05) is 0 Å². The molecule has 0 saturated carbocycles. The fourth-order valence-electron chi connectivity index (χ4n) is 0.208. The summed E-state index contributed by atoms with van der Waals surface area (Å²) in [5.74, 6) is -1.31. The Morgan fingerprint density at radius 1 is 1.44 bits per heavy atom. The quantitative estimate of drug-likeness (QED) is 0.602. The maximum absolute atomic E-state index is 9.99. The third kappa shape index (κ3) is 2.70. The zero-order chi connectivity index (χ0) is 7.44. The van der Waals surface area contributed by atoms with Crippen LogP contribution in [0, 0.1) is 0 Å². The van der Waals surface area contributed by atoms with Gasteiger partial charge in [-0.05, 0) is 0 Å². The number of aliphatic hydroxyl groups excluding tert-OH is 1. The van der Waals surface area contributed by atoms with Crippen molar-refractivity contribution in [3.05, 3.63) is 10.1 Å². The Bertz CT molecular complexity index is 148. The minimum Gasteiger partial charge on any atom is -0.478 e. The van der Waals surface area contributed by atoms with E-state index in [-0.39, 0.29) is 0 Å². The first-order valence-corrected chi connectivity index (χ1v) is 2.73. The number of aliphatic hydroxyl groups is 1. The molecule has 9 heavy (non-hydrogen) atoms. The lowest BCUT2D eigenvalue weighted by molar-refractivity contribution is -0.133. The highest BCUT2D eigenvalue weighted by Gasteiger charge is 2.08. The molecule has 3 nitrogen and oxygen atoms in total. The highest BCUT2D eigenvalue weighted by atomic mass is 35.5. The molecule has 0 aliphatic heterocycles. The number of aliphatic carboxylic acids is 1. The number of halogens is 2. The molecule has 2 N–H and O–H groups in total. The van der Waals surface area contributed by atoms with Crippen molar-refractivity contribution in [2.24, 2.45) is 0 Å². The number of carboxylic acids is 1. The van der Waals surface area contributed by atoms with Gasteiger partial charge in [0.2, 0.25) is 0 Å². The average molecular weight is 171 g/mol. The van der Waals surface area contributed by atoms with Gasteiger partial charge in [0.25, 0.3) is 0 Å². The first-order valence-electron chi connectivity index (χ1n) is 1.98. The number of carbonyl (C=O) groups is 1. The standard InChI is InChI=1S/C4H4Cl2O3/c5-3(6)2(1-7)4(8)9/h7H,1H2,(H,8,9). The van der Waals surface area contributed by atoms with Gasteiger partial charge in [-0.25, -0.2) is 4.79 Å². The summed E-state index contributed by atoms with van der Waals surface area (Å²) in [4.78, 5) is 9.99. The first kappa shape index (κ1) is 8.75. The second kappa shape index (κ2) is 3.71. The summed E-state index contributed by atoms with van der Waals surface area (Å²) in [6.45, 7) is -0.655. The molecule has 0 aliphatic rings. The fourth-order valence-corrected chi connectivity index (χ4v) is 0.489. The third-order valence-corrected chi connectivity index (χ3v) is 1.10. The highest BCUT2D eigenvalue weighted by molar-refractivity contribution is 6.57. The Morgan fingerprint density at radius 2 is 1.89 bits per heavy atom. The largest absolute Gasteiger partial charge is 0.478 e. The van der Waals surface area contributed by atoms with Crippen LogP contribution in [0.3, 0.4) is 0 Å². The van der Waals surface area contributed by atoms with Gasteiger partial charge in [0.05, 0.1) is 12.2 Å². The van der Waals surface area contributed by atoms with Crippen LogP contribution in [0.15, 0.2) is 10.1 Å². The number of rotatable bonds is 2. The van der Waals surface area contributed by atoms with E-state index in [2.05, 4.69) is 0 Å². The van der Waals surface area contributed by atoms with Gasteiger partial charge >= 0.3 is 5.97 Å². The molecule has 5 heteroatoms. The Morgan fingerprint density at radius 3 is 1.89 bits per heavy atom. The number of hydrogen-bond donors (Lipinski definition) is 2. The molecule has 0 aromatic rings. The topological polar surface area (TPSA) is 57.5 Å². The minimum absolute atomic E-state index is 0.390. The van der Waals surface area contributed by atoms with Crippen molar-refractivity contribution in [1.29, 1.82) is 0 Å². The summed E-state index contributed by atoms with van der Waals surface area (Å²) in [7, 11) is 0. The summed E-state index contributed by atoms with van der Waals surface area (Å²) in [6.07, 6.45) is 0. The maximum atomic E-state index is 9.99. The molecule has 52 valence electrons. The maximum Gasteiger partial charge on any atom is 0.336 e. The number of hydrogen-bond acceptors (Lipinski definition) is 2. The molecule has 0 aliphatic carbocycles. The lowest BCUT2D eigenvalue weighted by Gasteiger charge is -1.93. The Hall–Kier alpha value is -0.250. The van der Waals surface area contributed by atoms with Crippen molar-refractivity contribution in [2.75, 3.05) is 6.61 Å². The molecule has 0 amide bonds. The molecular formula is C4H4Cl2O3. The molecule has 0 aromatic heterocycles. The van der Waals surface area contributed by atoms with E-state index < -0.39 is 22.6 Å². The van der Waals surface area contributed by atoms with Crippen LogP contribution in [0.1, 0.15) is 0 Å². The molecular weight excluding hydrogens is 167 g/mol. The van der Waals surface area contributed by atoms with Crippen LogP contribution in [0.25, 0.3) is 0 Å². The smallest absolute Gasteiger partial charge is 0.336 e. The highest BCUT2D eigenvalue weighted by Crippen LogP contribution is 2.13. The zero-order valence-corrected chi connectivity index (χ0v) is 5.78. The van der Waals surface area contributed by atoms with E-state index in [9.17, 15) is 4.79 Å². The zero-order valence-electron chi connectivity index (χ0n) is 4.27. The second-order valence-corrected chi connectivity index (χ2v) is 2.15. The van der Waals surface area contributed by atoms with Gasteiger partial charge in [-0.1, -0.05) is 23.2 Å². The van der Waals surface area contributed by atoms with Crippen molar-refractivity contribution in [3.63, 3.8) is 0 Å². The Labute approximate surface area is 61.5 Å². The van der Waals surface area contributed by atoms with E-state index in [1.54, 1.807) is 0 Å². The SMILES string of the molecule is O=C(O)C(CO)=C(Cl)Cl. The van der Waals surface area contributed by atoms with Crippen molar-refractivity contribution in [1.82, 2.24) is 0 Å². The normalized spacial score (nSPS) is 8.78. The van der Waals surface area contributed by atoms with E-state index in [0.717, 1.165) is 0 Å². The van der Waals surface area contributed by atoms with Gasteiger partial charge < -0.3 is 10.2 Å². The van der Waals surface area contributed by atoms with Crippen LogP contribution in [-0.2, 0) is 4.79 Å². The van der Waals surface area contributed by atoms with Crippen LogP contribution in [0.4, 0.5) is 0 Å². The fraction of sp³-hybridized carbons (Fsp3) is 0.250. The summed E-state index contributed by atoms with van der Waals surface area (Å²) in [5.41, 5.74) is -0.390. The molecule has 0 bridgehead atoms. The summed E-state index contributed by atoms with van der Waals surface area (Å²) < 4.78 is -0.412. The molecule has 0 fully saturated rings. The molecule has 0 rings (SSSR count). The van der Waals surface area contributed by atoms with E-state index in [1.165, 1.54) is 0 Å². The summed E-state index contributed by atoms with van der Waals surface area (Å²) >= 11 is 10.1. The van der Waals surface area contributed by atoms with Gasteiger partial charge in [-0.3, -0.25) is 0 Å². The molecule has 0 unspecified atom stereocenters. The van der Waals surface area contributed by atoms with Gasteiger partial charge in [0.1, 0.15) is 4.49 Å². The molecule has 0 aromatic carbocycles. The molecule has 0 radical (unpaired) electrons. The lowest BCUT2D eigenvalue weighted by Crippen LogP contribution is -2.04. The predicted octanol–water partition coefficient (Wildman–Crippen LogP) is 0.752. The number of carboxylic acid groups (broad SMARTS) is 1. The average Bonchev–Trinajstić information content (AvgIpc) is 1.64. The summed E-state index contributed by atoms with van der Waals surface area (Å²) in [6, 6.07) is 0.